The summed E-state index contributed by atoms with van der Waals surface area (Å²) in [5.41, 5.74) is 0. The van der Waals surface area contributed by atoms with Crippen LogP contribution in [0.15, 0.2) is 18.2 Å². The lowest BCUT2D eigenvalue weighted by Crippen LogP contribution is -2.29. The van der Waals surface area contributed by atoms with Gasteiger partial charge in [-0.1, -0.05) is 19.4 Å². The topological polar surface area (TPSA) is 21.3 Å². The second kappa shape index (κ2) is 6.14. The van der Waals surface area contributed by atoms with E-state index in [2.05, 4.69) is 12.2 Å². The molecule has 0 amide bonds. The van der Waals surface area contributed by atoms with Gasteiger partial charge in [-0.25, -0.2) is 4.39 Å². The van der Waals surface area contributed by atoms with E-state index < -0.39 is 11.6 Å². The van der Waals surface area contributed by atoms with Crippen molar-refractivity contribution in [2.45, 2.75) is 32.3 Å². The van der Waals surface area contributed by atoms with Crippen molar-refractivity contribution in [3.63, 3.8) is 0 Å². The highest BCUT2D eigenvalue weighted by molar-refractivity contribution is 5.25. The molecule has 1 aromatic rings. The predicted molar refractivity (Wildman–Crippen MR) is 66.7 cm³/mol. The van der Waals surface area contributed by atoms with Gasteiger partial charge in [0.05, 0.1) is 0 Å². The van der Waals surface area contributed by atoms with Crippen LogP contribution in [0.3, 0.4) is 0 Å². The van der Waals surface area contributed by atoms with Gasteiger partial charge < -0.3 is 10.1 Å². The Morgan fingerprint density at radius 1 is 1.44 bits per heavy atom. The Morgan fingerprint density at radius 2 is 2.28 bits per heavy atom. The third-order valence-electron chi connectivity index (χ3n) is 3.39. The van der Waals surface area contributed by atoms with Gasteiger partial charge in [0.1, 0.15) is 6.10 Å². The Bertz CT molecular complexity index is 391. The van der Waals surface area contributed by atoms with Gasteiger partial charge in [0.25, 0.3) is 0 Å². The molecule has 2 nitrogen and oxygen atoms in total. The minimum absolute atomic E-state index is 0.0281. The number of halogens is 2. The van der Waals surface area contributed by atoms with Crippen LogP contribution in [0.1, 0.15) is 26.2 Å². The molecule has 2 rings (SSSR count). The van der Waals surface area contributed by atoms with Gasteiger partial charge in [0.15, 0.2) is 11.6 Å². The zero-order valence-corrected chi connectivity index (χ0v) is 10.6. The number of benzene rings is 1. The summed E-state index contributed by atoms with van der Waals surface area (Å²) in [4.78, 5) is 0. The molecule has 100 valence electrons. The van der Waals surface area contributed by atoms with Crippen molar-refractivity contribution in [3.05, 3.63) is 29.8 Å². The summed E-state index contributed by atoms with van der Waals surface area (Å²) in [6.07, 6.45) is 2.82. The molecule has 1 fully saturated rings. The second-order valence-electron chi connectivity index (χ2n) is 4.75. The molecular weight excluding hydrogens is 236 g/mol. The smallest absolute Gasteiger partial charge is 0.200 e. The first-order valence-electron chi connectivity index (χ1n) is 6.53. The number of hydrogen-bond donors (Lipinski definition) is 1. The average Bonchev–Trinajstić information content (AvgIpc) is 2.88. The van der Waals surface area contributed by atoms with Crippen molar-refractivity contribution in [1.29, 1.82) is 0 Å². The van der Waals surface area contributed by atoms with Gasteiger partial charge in [-0.05, 0) is 31.5 Å². The first kappa shape index (κ1) is 13.3. The molecule has 0 radical (unpaired) electrons. The number of hydrogen-bond acceptors (Lipinski definition) is 2. The van der Waals surface area contributed by atoms with Crippen molar-refractivity contribution in [2.24, 2.45) is 5.92 Å². The van der Waals surface area contributed by atoms with Gasteiger partial charge >= 0.3 is 0 Å². The van der Waals surface area contributed by atoms with Crippen LogP contribution < -0.4 is 10.1 Å². The fourth-order valence-corrected chi connectivity index (χ4v) is 2.41. The summed E-state index contributed by atoms with van der Waals surface area (Å²) >= 11 is 0. The normalized spacial score (nSPS) is 20.9. The highest BCUT2D eigenvalue weighted by Gasteiger charge is 2.26. The Hall–Kier alpha value is -1.16. The first-order valence-corrected chi connectivity index (χ1v) is 6.53. The molecule has 1 N–H and O–H groups in total. The van der Waals surface area contributed by atoms with Crippen LogP contribution >= 0.6 is 0 Å². The van der Waals surface area contributed by atoms with Gasteiger partial charge in [0.2, 0.25) is 5.82 Å². The highest BCUT2D eigenvalue weighted by atomic mass is 19.2. The maximum Gasteiger partial charge on any atom is 0.200 e. The molecule has 0 saturated carbocycles. The Morgan fingerprint density at radius 3 is 2.94 bits per heavy atom. The van der Waals surface area contributed by atoms with Gasteiger partial charge in [-0.2, -0.15) is 4.39 Å². The van der Waals surface area contributed by atoms with E-state index >= 15 is 0 Å². The molecule has 0 aliphatic carbocycles. The van der Waals surface area contributed by atoms with Crippen LogP contribution in [0.4, 0.5) is 8.78 Å². The molecular formula is C14H19F2NO. The van der Waals surface area contributed by atoms with E-state index in [1.807, 2.05) is 0 Å². The quantitative estimate of drug-likeness (QED) is 0.872. The van der Waals surface area contributed by atoms with Crippen LogP contribution in [-0.4, -0.2) is 19.2 Å². The summed E-state index contributed by atoms with van der Waals surface area (Å²) in [5.74, 6) is -1.33. The van der Waals surface area contributed by atoms with E-state index in [9.17, 15) is 8.78 Å². The molecule has 0 unspecified atom stereocenters. The average molecular weight is 255 g/mol. The van der Waals surface area contributed by atoms with E-state index in [0.29, 0.717) is 5.92 Å². The van der Waals surface area contributed by atoms with E-state index in [4.69, 9.17) is 4.74 Å². The zero-order valence-electron chi connectivity index (χ0n) is 10.6. The summed E-state index contributed by atoms with van der Waals surface area (Å²) < 4.78 is 32.4. The van der Waals surface area contributed by atoms with Crippen LogP contribution in [0.2, 0.25) is 0 Å². The summed E-state index contributed by atoms with van der Waals surface area (Å²) in [6.45, 7) is 3.93. The van der Waals surface area contributed by atoms with Gasteiger partial charge in [0, 0.05) is 12.5 Å². The minimum Gasteiger partial charge on any atom is -0.487 e. The van der Waals surface area contributed by atoms with Crippen molar-refractivity contribution < 1.29 is 13.5 Å². The molecule has 1 heterocycles. The predicted octanol–water partition coefficient (Wildman–Crippen LogP) is 3.12. The lowest BCUT2D eigenvalue weighted by Gasteiger charge is -2.24. The van der Waals surface area contributed by atoms with Crippen LogP contribution in [0.25, 0.3) is 0 Å². The fourth-order valence-electron chi connectivity index (χ4n) is 2.41. The SMILES string of the molecule is CCC[C@H](Oc1cccc(F)c1F)[C@H]1CCNC1. The van der Waals surface area contributed by atoms with Crippen molar-refractivity contribution in [1.82, 2.24) is 5.32 Å². The molecule has 1 aliphatic heterocycles. The first-order chi connectivity index (χ1) is 8.72. The molecule has 1 saturated heterocycles. The molecule has 4 heteroatoms. The summed E-state index contributed by atoms with van der Waals surface area (Å²) in [6, 6.07) is 4.07. The fraction of sp³-hybridized carbons (Fsp3) is 0.571. The maximum absolute atomic E-state index is 13.6. The Labute approximate surface area is 106 Å². The van der Waals surface area contributed by atoms with E-state index in [1.54, 1.807) is 0 Å². The third kappa shape index (κ3) is 2.99. The Balaban J connectivity index is 2.10. The second-order valence-corrected chi connectivity index (χ2v) is 4.75. The lowest BCUT2D eigenvalue weighted by molar-refractivity contribution is 0.125. The molecule has 0 spiro atoms. The highest BCUT2D eigenvalue weighted by Crippen LogP contribution is 2.26. The minimum atomic E-state index is -0.885. The number of ether oxygens (including phenoxy) is 1. The standard InChI is InChI=1S/C14H19F2NO/c1-2-4-12(10-7-8-17-9-10)18-13-6-3-5-11(15)14(13)16/h3,5-6,10,12,17H,2,4,7-9H2,1H3/t10-,12-/m0/s1. The maximum atomic E-state index is 13.6. The van der Waals surface area contributed by atoms with E-state index in [0.717, 1.165) is 38.4 Å². The summed E-state index contributed by atoms with van der Waals surface area (Å²) in [5, 5.41) is 3.28. The molecule has 0 aromatic heterocycles. The van der Waals surface area contributed by atoms with Crippen LogP contribution in [0, 0.1) is 17.6 Å². The molecule has 0 bridgehead atoms. The number of nitrogens with one attached hydrogen (secondary N) is 1. The van der Waals surface area contributed by atoms with E-state index in [-0.39, 0.29) is 11.9 Å². The summed E-state index contributed by atoms with van der Waals surface area (Å²) in [7, 11) is 0. The zero-order chi connectivity index (χ0) is 13.0. The number of rotatable bonds is 5. The largest absolute Gasteiger partial charge is 0.487 e. The molecule has 2 atom stereocenters. The molecule has 18 heavy (non-hydrogen) atoms. The van der Waals surface area contributed by atoms with Gasteiger partial charge in [-0.3, -0.25) is 0 Å². The lowest BCUT2D eigenvalue weighted by atomic mass is 9.97. The van der Waals surface area contributed by atoms with Crippen LogP contribution in [-0.2, 0) is 0 Å². The van der Waals surface area contributed by atoms with Crippen molar-refractivity contribution in [3.8, 4) is 5.75 Å². The van der Waals surface area contributed by atoms with Crippen molar-refractivity contribution >= 4 is 0 Å². The third-order valence-corrected chi connectivity index (χ3v) is 3.39. The van der Waals surface area contributed by atoms with E-state index in [1.165, 1.54) is 12.1 Å². The molecule has 1 aliphatic rings. The Kier molecular flexibility index (Phi) is 4.53. The van der Waals surface area contributed by atoms with Gasteiger partial charge in [-0.15, -0.1) is 0 Å². The van der Waals surface area contributed by atoms with Crippen LogP contribution in [0.5, 0.6) is 5.75 Å². The molecule has 1 aromatic carbocycles. The monoisotopic (exact) mass is 255 g/mol. The van der Waals surface area contributed by atoms with Crippen molar-refractivity contribution in [2.75, 3.05) is 13.1 Å².